The van der Waals surface area contributed by atoms with E-state index < -0.39 is 11.6 Å². The molecule has 0 radical (unpaired) electrons. The molecule has 0 spiro atoms. The average Bonchev–Trinajstić information content (AvgIpc) is 2.37. The molecule has 0 aliphatic carbocycles. The summed E-state index contributed by atoms with van der Waals surface area (Å²) in [6, 6.07) is 14.7. The predicted molar refractivity (Wildman–Crippen MR) is 67.1 cm³/mol. The Hall–Kier alpha value is -2.29. The smallest absolute Gasteiger partial charge is 0.126 e. The van der Waals surface area contributed by atoms with Gasteiger partial charge in [-0.3, -0.25) is 0 Å². The summed E-state index contributed by atoms with van der Waals surface area (Å²) in [6.07, 6.45) is 0. The Morgan fingerprint density at radius 3 is 2.28 bits per heavy atom. The second kappa shape index (κ2) is 4.18. The zero-order valence-electron chi connectivity index (χ0n) is 9.40. The molecule has 0 atom stereocenters. The van der Waals surface area contributed by atoms with Crippen molar-refractivity contribution >= 4 is 10.9 Å². The van der Waals surface area contributed by atoms with E-state index in [4.69, 9.17) is 0 Å². The van der Waals surface area contributed by atoms with Crippen molar-refractivity contribution in [2.45, 2.75) is 0 Å². The van der Waals surface area contributed by atoms with E-state index in [-0.39, 0.29) is 0 Å². The van der Waals surface area contributed by atoms with Gasteiger partial charge in [0.15, 0.2) is 0 Å². The van der Waals surface area contributed by atoms with E-state index in [2.05, 4.69) is 4.98 Å². The largest absolute Gasteiger partial charge is 0.248 e. The van der Waals surface area contributed by atoms with Crippen LogP contribution >= 0.6 is 0 Å². The van der Waals surface area contributed by atoms with Gasteiger partial charge in [0.2, 0.25) is 0 Å². The van der Waals surface area contributed by atoms with E-state index >= 15 is 0 Å². The molecule has 0 bridgehead atoms. The maximum atomic E-state index is 13.2. The lowest BCUT2D eigenvalue weighted by molar-refractivity contribution is 0.584. The molecule has 3 rings (SSSR count). The van der Waals surface area contributed by atoms with E-state index in [1.54, 1.807) is 6.07 Å². The van der Waals surface area contributed by atoms with Gasteiger partial charge in [-0.05, 0) is 24.3 Å². The lowest BCUT2D eigenvalue weighted by Crippen LogP contribution is -1.88. The summed E-state index contributed by atoms with van der Waals surface area (Å²) in [7, 11) is 0. The van der Waals surface area contributed by atoms with Crippen molar-refractivity contribution in [3.05, 3.63) is 66.2 Å². The molecule has 0 aliphatic heterocycles. The Bertz CT molecular complexity index is 702. The molecular weight excluding hydrogens is 232 g/mol. The molecule has 0 N–H and O–H groups in total. The van der Waals surface area contributed by atoms with Crippen molar-refractivity contribution in [2.24, 2.45) is 0 Å². The topological polar surface area (TPSA) is 12.9 Å². The molecule has 1 nitrogen and oxygen atoms in total. The predicted octanol–water partition coefficient (Wildman–Crippen LogP) is 4.18. The van der Waals surface area contributed by atoms with E-state index in [1.165, 1.54) is 12.1 Å². The first kappa shape index (κ1) is 10.8. The van der Waals surface area contributed by atoms with Gasteiger partial charge in [-0.2, -0.15) is 0 Å². The van der Waals surface area contributed by atoms with Crippen LogP contribution in [0, 0.1) is 11.6 Å². The molecule has 0 amide bonds. The molecule has 3 aromatic rings. The summed E-state index contributed by atoms with van der Waals surface area (Å²) in [6.45, 7) is 0. The number of fused-ring (bicyclic) bond motifs is 1. The Morgan fingerprint density at radius 2 is 1.50 bits per heavy atom. The average molecular weight is 241 g/mol. The molecule has 1 aromatic heterocycles. The summed E-state index contributed by atoms with van der Waals surface area (Å²) in [4.78, 5) is 4.39. The zero-order valence-corrected chi connectivity index (χ0v) is 9.40. The fourth-order valence-corrected chi connectivity index (χ4v) is 1.93. The number of rotatable bonds is 1. The second-order valence-electron chi connectivity index (χ2n) is 4.05. The Balaban J connectivity index is 2.19. The van der Waals surface area contributed by atoms with Crippen LogP contribution in [0.2, 0.25) is 0 Å². The van der Waals surface area contributed by atoms with Crippen molar-refractivity contribution in [1.29, 1.82) is 0 Å². The van der Waals surface area contributed by atoms with Gasteiger partial charge < -0.3 is 0 Å². The molecular formula is C15H9F2N. The van der Waals surface area contributed by atoms with E-state index in [0.29, 0.717) is 11.3 Å². The third kappa shape index (κ3) is 1.95. The van der Waals surface area contributed by atoms with E-state index in [0.717, 1.165) is 17.0 Å². The maximum absolute atomic E-state index is 13.2. The van der Waals surface area contributed by atoms with Crippen LogP contribution in [0.15, 0.2) is 54.6 Å². The van der Waals surface area contributed by atoms with Crippen LogP contribution in [-0.2, 0) is 0 Å². The van der Waals surface area contributed by atoms with Gasteiger partial charge in [-0.25, -0.2) is 13.8 Å². The lowest BCUT2D eigenvalue weighted by Gasteiger charge is -2.03. The van der Waals surface area contributed by atoms with Crippen LogP contribution in [0.25, 0.3) is 22.2 Å². The summed E-state index contributed by atoms with van der Waals surface area (Å²) in [5, 5.41) is 0.998. The van der Waals surface area contributed by atoms with Crippen LogP contribution in [0.4, 0.5) is 8.78 Å². The molecule has 0 unspecified atom stereocenters. The first-order chi connectivity index (χ1) is 8.72. The summed E-state index contributed by atoms with van der Waals surface area (Å²) < 4.78 is 26.3. The van der Waals surface area contributed by atoms with Gasteiger partial charge in [-0.1, -0.05) is 24.3 Å². The Kier molecular flexibility index (Phi) is 2.52. The molecule has 1 heterocycles. The van der Waals surface area contributed by atoms with Crippen LogP contribution in [0.3, 0.4) is 0 Å². The Labute approximate surface area is 103 Å². The van der Waals surface area contributed by atoms with Crippen molar-refractivity contribution in [2.75, 3.05) is 0 Å². The SMILES string of the molecule is Fc1cc(F)cc(-c2ccc3ccccc3n2)c1. The maximum Gasteiger partial charge on any atom is 0.126 e. The molecule has 0 saturated heterocycles. The second-order valence-corrected chi connectivity index (χ2v) is 4.05. The highest BCUT2D eigenvalue weighted by Crippen LogP contribution is 2.22. The van der Waals surface area contributed by atoms with E-state index in [9.17, 15) is 8.78 Å². The highest BCUT2D eigenvalue weighted by atomic mass is 19.1. The number of hydrogen-bond acceptors (Lipinski definition) is 1. The van der Waals surface area contributed by atoms with Crippen molar-refractivity contribution in [1.82, 2.24) is 4.98 Å². The summed E-state index contributed by atoms with van der Waals surface area (Å²) >= 11 is 0. The molecule has 2 aromatic carbocycles. The zero-order chi connectivity index (χ0) is 12.5. The monoisotopic (exact) mass is 241 g/mol. The molecule has 0 fully saturated rings. The minimum Gasteiger partial charge on any atom is -0.248 e. The normalized spacial score (nSPS) is 10.8. The first-order valence-electron chi connectivity index (χ1n) is 5.55. The molecule has 3 heteroatoms. The quantitative estimate of drug-likeness (QED) is 0.622. The number of benzene rings is 2. The fraction of sp³-hybridized carbons (Fsp3) is 0. The standard InChI is InChI=1S/C15H9F2N/c16-12-7-11(8-13(17)9-12)15-6-5-10-3-1-2-4-14(10)18-15/h1-9H. The number of nitrogens with zero attached hydrogens (tertiary/aromatic N) is 1. The van der Waals surface area contributed by atoms with Crippen molar-refractivity contribution in [3.63, 3.8) is 0 Å². The van der Waals surface area contributed by atoms with Crippen LogP contribution in [-0.4, -0.2) is 4.98 Å². The number of pyridine rings is 1. The number of para-hydroxylation sites is 1. The van der Waals surface area contributed by atoms with Gasteiger partial charge in [-0.15, -0.1) is 0 Å². The van der Waals surface area contributed by atoms with Gasteiger partial charge in [0.05, 0.1) is 11.2 Å². The van der Waals surface area contributed by atoms with Crippen molar-refractivity contribution in [3.8, 4) is 11.3 Å². The van der Waals surface area contributed by atoms with Gasteiger partial charge in [0.1, 0.15) is 11.6 Å². The first-order valence-corrected chi connectivity index (χ1v) is 5.55. The van der Waals surface area contributed by atoms with Gasteiger partial charge in [0.25, 0.3) is 0 Å². The van der Waals surface area contributed by atoms with Crippen LogP contribution in [0.1, 0.15) is 0 Å². The molecule has 0 saturated carbocycles. The third-order valence-corrected chi connectivity index (χ3v) is 2.76. The number of hydrogen-bond donors (Lipinski definition) is 0. The molecule has 0 aliphatic rings. The van der Waals surface area contributed by atoms with Crippen LogP contribution < -0.4 is 0 Å². The minimum absolute atomic E-state index is 0.443. The number of aromatic nitrogens is 1. The summed E-state index contributed by atoms with van der Waals surface area (Å²) in [5.41, 5.74) is 1.81. The lowest BCUT2D eigenvalue weighted by atomic mass is 10.1. The molecule has 18 heavy (non-hydrogen) atoms. The van der Waals surface area contributed by atoms with Gasteiger partial charge in [0, 0.05) is 17.0 Å². The van der Waals surface area contributed by atoms with E-state index in [1.807, 2.05) is 30.3 Å². The van der Waals surface area contributed by atoms with Gasteiger partial charge >= 0.3 is 0 Å². The molecule has 88 valence electrons. The third-order valence-electron chi connectivity index (χ3n) is 2.76. The number of halogens is 2. The highest BCUT2D eigenvalue weighted by Gasteiger charge is 2.05. The van der Waals surface area contributed by atoms with Crippen molar-refractivity contribution < 1.29 is 8.78 Å². The fourth-order valence-electron chi connectivity index (χ4n) is 1.93. The summed E-state index contributed by atoms with van der Waals surface area (Å²) in [5.74, 6) is -1.19. The minimum atomic E-state index is -0.597. The Morgan fingerprint density at radius 1 is 0.778 bits per heavy atom. The van der Waals surface area contributed by atoms with Crippen LogP contribution in [0.5, 0.6) is 0 Å². The highest BCUT2D eigenvalue weighted by molar-refractivity contribution is 5.81.